The summed E-state index contributed by atoms with van der Waals surface area (Å²) >= 11 is 0. The number of benzene rings is 2. The van der Waals surface area contributed by atoms with E-state index in [0.717, 1.165) is 11.8 Å². The Morgan fingerprint density at radius 2 is 1.74 bits per heavy atom. The molecule has 2 aromatic rings. The number of nitrogens with zero attached hydrogens (tertiary/aromatic N) is 1. The van der Waals surface area contributed by atoms with Gasteiger partial charge in [0.2, 0.25) is 15.9 Å². The molecule has 0 saturated carbocycles. The molecule has 146 valence electrons. The molecule has 0 saturated heterocycles. The molecule has 0 aliphatic carbocycles. The van der Waals surface area contributed by atoms with Crippen LogP contribution >= 0.6 is 0 Å². The van der Waals surface area contributed by atoms with Gasteiger partial charge in [0.1, 0.15) is 5.75 Å². The van der Waals surface area contributed by atoms with Gasteiger partial charge in [-0.25, -0.2) is 8.42 Å². The molecule has 0 radical (unpaired) electrons. The van der Waals surface area contributed by atoms with Crippen LogP contribution in [0, 0.1) is 0 Å². The topological polar surface area (TPSA) is 75.7 Å². The minimum atomic E-state index is -3.49. The molecule has 0 heterocycles. The second-order valence-electron chi connectivity index (χ2n) is 6.31. The van der Waals surface area contributed by atoms with Crippen molar-refractivity contribution >= 4 is 21.6 Å². The number of rotatable bonds is 9. The fourth-order valence-electron chi connectivity index (χ4n) is 2.82. The van der Waals surface area contributed by atoms with Crippen molar-refractivity contribution < 1.29 is 17.9 Å². The van der Waals surface area contributed by atoms with Gasteiger partial charge in [-0.3, -0.25) is 9.10 Å². The third-order valence-electron chi connectivity index (χ3n) is 4.20. The van der Waals surface area contributed by atoms with Crippen molar-refractivity contribution in [3.8, 4) is 5.75 Å². The zero-order chi connectivity index (χ0) is 19.9. The molecule has 27 heavy (non-hydrogen) atoms. The van der Waals surface area contributed by atoms with Gasteiger partial charge in [-0.05, 0) is 31.0 Å². The van der Waals surface area contributed by atoms with Crippen molar-refractivity contribution in [2.24, 2.45) is 0 Å². The van der Waals surface area contributed by atoms with E-state index < -0.39 is 10.0 Å². The SMILES string of the molecule is COc1ccccc1N(CCCC(=O)NC(C)c1ccccc1)S(C)(=O)=O. The predicted molar refractivity (Wildman–Crippen MR) is 107 cm³/mol. The van der Waals surface area contributed by atoms with E-state index in [-0.39, 0.29) is 24.9 Å². The summed E-state index contributed by atoms with van der Waals surface area (Å²) < 4.78 is 31.0. The van der Waals surface area contributed by atoms with E-state index in [9.17, 15) is 13.2 Å². The van der Waals surface area contributed by atoms with Crippen LogP contribution in [-0.4, -0.2) is 34.2 Å². The van der Waals surface area contributed by atoms with Crippen LogP contribution in [0.3, 0.4) is 0 Å². The number of sulfonamides is 1. The molecule has 0 bridgehead atoms. The molecule has 1 amide bonds. The summed E-state index contributed by atoms with van der Waals surface area (Å²) in [7, 11) is -2.00. The first-order chi connectivity index (χ1) is 12.8. The fraction of sp³-hybridized carbons (Fsp3) is 0.350. The molecule has 1 unspecified atom stereocenters. The fourth-order valence-corrected chi connectivity index (χ4v) is 3.79. The summed E-state index contributed by atoms with van der Waals surface area (Å²) in [5, 5.41) is 2.94. The Balaban J connectivity index is 1.97. The van der Waals surface area contributed by atoms with E-state index in [2.05, 4.69) is 5.32 Å². The van der Waals surface area contributed by atoms with E-state index in [0.29, 0.717) is 17.9 Å². The lowest BCUT2D eigenvalue weighted by molar-refractivity contribution is -0.121. The quantitative estimate of drug-likeness (QED) is 0.714. The zero-order valence-electron chi connectivity index (χ0n) is 15.9. The van der Waals surface area contributed by atoms with Crippen LogP contribution in [0.4, 0.5) is 5.69 Å². The third kappa shape index (κ3) is 5.99. The molecule has 7 heteroatoms. The summed E-state index contributed by atoms with van der Waals surface area (Å²) in [6.45, 7) is 2.12. The van der Waals surface area contributed by atoms with Crippen LogP contribution in [0.1, 0.15) is 31.4 Å². The summed E-state index contributed by atoms with van der Waals surface area (Å²) in [4.78, 5) is 12.2. The van der Waals surface area contributed by atoms with Crippen molar-refractivity contribution in [3.63, 3.8) is 0 Å². The number of nitrogens with one attached hydrogen (secondary N) is 1. The Labute approximate surface area is 161 Å². The van der Waals surface area contributed by atoms with E-state index in [1.807, 2.05) is 37.3 Å². The smallest absolute Gasteiger partial charge is 0.232 e. The number of methoxy groups -OCH3 is 1. The Morgan fingerprint density at radius 1 is 1.11 bits per heavy atom. The Bertz CT molecular complexity index is 853. The summed E-state index contributed by atoms with van der Waals surface area (Å²) in [6, 6.07) is 16.5. The van der Waals surface area contributed by atoms with Gasteiger partial charge in [-0.15, -0.1) is 0 Å². The minimum Gasteiger partial charge on any atom is -0.495 e. The number of ether oxygens (including phenoxy) is 1. The van der Waals surface area contributed by atoms with Crippen molar-refractivity contribution in [3.05, 3.63) is 60.2 Å². The number of hydrogen-bond acceptors (Lipinski definition) is 4. The van der Waals surface area contributed by atoms with Gasteiger partial charge in [-0.1, -0.05) is 42.5 Å². The van der Waals surface area contributed by atoms with E-state index in [4.69, 9.17) is 4.74 Å². The molecule has 0 spiro atoms. The summed E-state index contributed by atoms with van der Waals surface area (Å²) in [6.07, 6.45) is 1.79. The van der Waals surface area contributed by atoms with Crippen LogP contribution in [0.5, 0.6) is 5.75 Å². The van der Waals surface area contributed by atoms with Crippen molar-refractivity contribution in [1.29, 1.82) is 0 Å². The average Bonchev–Trinajstić information content (AvgIpc) is 2.65. The molecular weight excluding hydrogens is 364 g/mol. The van der Waals surface area contributed by atoms with Gasteiger partial charge in [0, 0.05) is 13.0 Å². The summed E-state index contributed by atoms with van der Waals surface area (Å²) in [5.41, 5.74) is 1.50. The Kier molecular flexibility index (Phi) is 7.24. The second-order valence-corrected chi connectivity index (χ2v) is 8.22. The number of para-hydroxylation sites is 2. The molecule has 2 rings (SSSR count). The number of hydrogen-bond donors (Lipinski definition) is 1. The average molecular weight is 391 g/mol. The standard InChI is InChI=1S/C20H26N2O4S/c1-16(17-10-5-4-6-11-17)21-20(23)14-9-15-22(27(3,24)25)18-12-7-8-13-19(18)26-2/h4-8,10-13,16H,9,14-15H2,1-3H3,(H,21,23). The summed E-state index contributed by atoms with van der Waals surface area (Å²) in [5.74, 6) is 0.366. The van der Waals surface area contributed by atoms with Crippen LogP contribution < -0.4 is 14.4 Å². The van der Waals surface area contributed by atoms with Crippen LogP contribution in [0.25, 0.3) is 0 Å². The van der Waals surface area contributed by atoms with E-state index in [1.165, 1.54) is 11.4 Å². The van der Waals surface area contributed by atoms with Gasteiger partial charge in [0.05, 0.1) is 25.1 Å². The molecule has 6 nitrogen and oxygen atoms in total. The number of carbonyl (C=O) groups is 1. The highest BCUT2D eigenvalue weighted by atomic mass is 32.2. The van der Waals surface area contributed by atoms with Crippen molar-refractivity contribution in [1.82, 2.24) is 5.32 Å². The molecule has 1 N–H and O–H groups in total. The van der Waals surface area contributed by atoms with Crippen LogP contribution in [-0.2, 0) is 14.8 Å². The molecule has 0 aliphatic rings. The van der Waals surface area contributed by atoms with Gasteiger partial charge >= 0.3 is 0 Å². The monoisotopic (exact) mass is 390 g/mol. The highest BCUT2D eigenvalue weighted by Gasteiger charge is 2.21. The van der Waals surface area contributed by atoms with Gasteiger partial charge in [0.25, 0.3) is 0 Å². The molecular formula is C20H26N2O4S. The largest absolute Gasteiger partial charge is 0.495 e. The maximum absolute atomic E-state index is 12.2. The Morgan fingerprint density at radius 3 is 2.37 bits per heavy atom. The number of amides is 1. The lowest BCUT2D eigenvalue weighted by Gasteiger charge is -2.24. The number of carbonyl (C=O) groups excluding carboxylic acids is 1. The van der Waals surface area contributed by atoms with Gasteiger partial charge < -0.3 is 10.1 Å². The minimum absolute atomic E-state index is 0.0982. The molecule has 1 atom stereocenters. The highest BCUT2D eigenvalue weighted by molar-refractivity contribution is 7.92. The predicted octanol–water partition coefficient (Wildman–Crippen LogP) is 3.12. The number of anilines is 1. The van der Waals surface area contributed by atoms with Crippen LogP contribution in [0.15, 0.2) is 54.6 Å². The van der Waals surface area contributed by atoms with E-state index in [1.54, 1.807) is 24.3 Å². The molecule has 2 aromatic carbocycles. The van der Waals surface area contributed by atoms with Crippen molar-refractivity contribution in [2.75, 3.05) is 24.2 Å². The normalized spacial score (nSPS) is 12.3. The highest BCUT2D eigenvalue weighted by Crippen LogP contribution is 2.29. The van der Waals surface area contributed by atoms with Crippen LogP contribution in [0.2, 0.25) is 0 Å². The van der Waals surface area contributed by atoms with Gasteiger partial charge in [-0.2, -0.15) is 0 Å². The maximum Gasteiger partial charge on any atom is 0.232 e. The molecule has 0 fully saturated rings. The molecule has 0 aromatic heterocycles. The first-order valence-corrected chi connectivity index (χ1v) is 10.6. The first-order valence-electron chi connectivity index (χ1n) is 8.78. The van der Waals surface area contributed by atoms with Crippen molar-refractivity contribution in [2.45, 2.75) is 25.8 Å². The Hall–Kier alpha value is -2.54. The zero-order valence-corrected chi connectivity index (χ0v) is 16.7. The lowest BCUT2D eigenvalue weighted by Crippen LogP contribution is -2.32. The first kappa shape index (κ1) is 20.8. The maximum atomic E-state index is 12.2. The van der Waals surface area contributed by atoms with Gasteiger partial charge in [0.15, 0.2) is 0 Å². The lowest BCUT2D eigenvalue weighted by atomic mass is 10.1. The van der Waals surface area contributed by atoms with E-state index >= 15 is 0 Å². The molecule has 0 aliphatic heterocycles. The third-order valence-corrected chi connectivity index (χ3v) is 5.38. The second kappa shape index (κ2) is 9.41.